The van der Waals surface area contributed by atoms with Crippen molar-refractivity contribution in [1.29, 1.82) is 0 Å². The summed E-state index contributed by atoms with van der Waals surface area (Å²) in [5.74, 6) is 0.604. The molecule has 37 heavy (non-hydrogen) atoms. The number of nitrogens with zero attached hydrogens (tertiary/aromatic N) is 2. The highest BCUT2D eigenvalue weighted by molar-refractivity contribution is 8.18. The predicted molar refractivity (Wildman–Crippen MR) is 143 cm³/mol. The van der Waals surface area contributed by atoms with Crippen molar-refractivity contribution in [2.24, 2.45) is 0 Å². The van der Waals surface area contributed by atoms with E-state index in [1.165, 1.54) is 5.56 Å². The van der Waals surface area contributed by atoms with E-state index in [9.17, 15) is 14.4 Å². The highest BCUT2D eigenvalue weighted by atomic mass is 32.2. The molecule has 2 aromatic rings. The maximum atomic E-state index is 12.9. The number of carbonyl (C=O) groups excluding carboxylic acids is 3. The first kappa shape index (κ1) is 26.8. The van der Waals surface area contributed by atoms with Crippen LogP contribution in [-0.4, -0.2) is 72.9 Å². The zero-order valence-corrected chi connectivity index (χ0v) is 22.2. The van der Waals surface area contributed by atoms with E-state index in [1.807, 2.05) is 30.3 Å². The quantitative estimate of drug-likeness (QED) is 0.375. The molecule has 196 valence electrons. The molecule has 3 amide bonds. The number of hydrogen-bond donors (Lipinski definition) is 0. The van der Waals surface area contributed by atoms with Gasteiger partial charge in [0.05, 0.1) is 18.1 Å². The summed E-state index contributed by atoms with van der Waals surface area (Å²) in [4.78, 5) is 40.8. The molecule has 2 aliphatic heterocycles. The van der Waals surface area contributed by atoms with E-state index in [4.69, 9.17) is 14.2 Å². The van der Waals surface area contributed by atoms with Gasteiger partial charge in [0, 0.05) is 18.7 Å². The lowest BCUT2D eigenvalue weighted by molar-refractivity contribution is -0.139. The third kappa shape index (κ3) is 6.93. The van der Waals surface area contributed by atoms with E-state index in [2.05, 4.69) is 32.9 Å². The Labute approximate surface area is 221 Å². The Hall–Kier alpha value is -3.30. The number of carbonyl (C=O) groups is 3. The van der Waals surface area contributed by atoms with Gasteiger partial charge in [0.15, 0.2) is 0 Å². The van der Waals surface area contributed by atoms with Gasteiger partial charge in [-0.25, -0.2) is 0 Å². The molecule has 0 atom stereocenters. The molecule has 4 rings (SSSR count). The number of morpholine rings is 1. The minimum absolute atomic E-state index is 0.0821. The molecule has 2 aromatic carbocycles. The molecular weight excluding hydrogens is 492 g/mol. The van der Waals surface area contributed by atoms with Crippen molar-refractivity contribution in [1.82, 2.24) is 9.80 Å². The Morgan fingerprint density at radius 3 is 2.38 bits per heavy atom. The number of para-hydroxylation sites is 1. The Kier molecular flexibility index (Phi) is 8.56. The first-order valence-electron chi connectivity index (χ1n) is 12.3. The molecule has 2 saturated heterocycles. The summed E-state index contributed by atoms with van der Waals surface area (Å²) in [5.41, 5.74) is 1.99. The van der Waals surface area contributed by atoms with Crippen LogP contribution in [0.15, 0.2) is 53.4 Å². The largest absolute Gasteiger partial charge is 0.490 e. The van der Waals surface area contributed by atoms with Gasteiger partial charge in [-0.2, -0.15) is 0 Å². The molecule has 8 nitrogen and oxygen atoms in total. The first-order valence-corrected chi connectivity index (χ1v) is 13.1. The van der Waals surface area contributed by atoms with E-state index >= 15 is 0 Å². The van der Waals surface area contributed by atoms with Crippen molar-refractivity contribution < 1.29 is 28.6 Å². The van der Waals surface area contributed by atoms with Crippen LogP contribution in [-0.2, 0) is 19.7 Å². The summed E-state index contributed by atoms with van der Waals surface area (Å²) in [5, 5.41) is -0.456. The number of amides is 3. The van der Waals surface area contributed by atoms with Gasteiger partial charge in [-0.05, 0) is 47.0 Å². The van der Waals surface area contributed by atoms with Crippen LogP contribution in [0.2, 0.25) is 0 Å². The van der Waals surface area contributed by atoms with Gasteiger partial charge >= 0.3 is 0 Å². The fourth-order valence-electron chi connectivity index (χ4n) is 3.92. The summed E-state index contributed by atoms with van der Waals surface area (Å²) >= 11 is 0.825. The fourth-order valence-corrected chi connectivity index (χ4v) is 4.75. The third-order valence-corrected chi connectivity index (χ3v) is 6.97. The van der Waals surface area contributed by atoms with Crippen LogP contribution >= 0.6 is 11.8 Å². The molecule has 0 spiro atoms. The van der Waals surface area contributed by atoms with Crippen molar-refractivity contribution in [3.05, 3.63) is 64.6 Å². The molecule has 9 heteroatoms. The highest BCUT2D eigenvalue weighted by Crippen LogP contribution is 2.34. The van der Waals surface area contributed by atoms with Gasteiger partial charge in [0.2, 0.25) is 5.91 Å². The normalized spacial score (nSPS) is 17.4. The van der Waals surface area contributed by atoms with Crippen molar-refractivity contribution in [2.45, 2.75) is 26.2 Å². The lowest BCUT2D eigenvalue weighted by Crippen LogP contribution is -2.46. The van der Waals surface area contributed by atoms with Gasteiger partial charge < -0.3 is 19.1 Å². The Morgan fingerprint density at radius 2 is 1.68 bits per heavy atom. The second kappa shape index (κ2) is 11.8. The molecule has 2 fully saturated rings. The molecule has 0 saturated carbocycles. The van der Waals surface area contributed by atoms with E-state index in [0.717, 1.165) is 22.4 Å². The zero-order chi connectivity index (χ0) is 26.4. The minimum atomic E-state index is -0.478. The molecule has 0 N–H and O–H groups in total. The highest BCUT2D eigenvalue weighted by Gasteiger charge is 2.37. The molecule has 0 unspecified atom stereocenters. The lowest BCUT2D eigenvalue weighted by atomic mass is 9.87. The Balaban J connectivity index is 1.34. The van der Waals surface area contributed by atoms with Crippen molar-refractivity contribution >= 4 is 34.9 Å². The summed E-state index contributed by atoms with van der Waals surface area (Å²) in [7, 11) is 0. The van der Waals surface area contributed by atoms with Gasteiger partial charge in [-0.3, -0.25) is 19.3 Å². The van der Waals surface area contributed by atoms with E-state index < -0.39 is 11.1 Å². The molecule has 2 aliphatic rings. The molecular formula is C28H32N2O6S. The van der Waals surface area contributed by atoms with Gasteiger partial charge in [-0.15, -0.1) is 0 Å². The second-order valence-corrected chi connectivity index (χ2v) is 10.8. The number of imide groups is 1. The molecule has 2 heterocycles. The average molecular weight is 525 g/mol. The average Bonchev–Trinajstić information content (AvgIpc) is 3.15. The second-order valence-electron chi connectivity index (χ2n) is 9.77. The summed E-state index contributed by atoms with van der Waals surface area (Å²) in [6.45, 7) is 8.72. The van der Waals surface area contributed by atoms with Crippen LogP contribution in [0.5, 0.6) is 11.5 Å². The van der Waals surface area contributed by atoms with Crippen LogP contribution in [0.1, 0.15) is 31.9 Å². The van der Waals surface area contributed by atoms with Crippen LogP contribution in [0.4, 0.5) is 4.79 Å². The number of rotatable bonds is 8. The SMILES string of the molecule is CC(C)(C)c1ccc(OCCOc2ccccc2/C=C2\SC(=O)N(CC(=O)N3CCOCC3)C2=O)cc1. The van der Waals surface area contributed by atoms with Crippen LogP contribution < -0.4 is 9.47 Å². The number of thioether (sulfide) groups is 1. The smallest absolute Gasteiger partial charge is 0.294 e. The maximum Gasteiger partial charge on any atom is 0.294 e. The number of benzene rings is 2. The van der Waals surface area contributed by atoms with Crippen molar-refractivity contribution in [2.75, 3.05) is 46.1 Å². The van der Waals surface area contributed by atoms with Crippen molar-refractivity contribution in [3.8, 4) is 11.5 Å². The van der Waals surface area contributed by atoms with Gasteiger partial charge in [0.25, 0.3) is 11.1 Å². The molecule has 0 bridgehead atoms. The van der Waals surface area contributed by atoms with Crippen LogP contribution in [0.3, 0.4) is 0 Å². The molecule has 0 aliphatic carbocycles. The predicted octanol–water partition coefficient (Wildman–Crippen LogP) is 4.34. The molecule has 0 aromatic heterocycles. The summed E-state index contributed by atoms with van der Waals surface area (Å²) in [6, 6.07) is 15.3. The standard InChI is InChI=1S/C28H32N2O6S/c1-28(2,3)21-8-10-22(11-9-21)35-16-17-36-23-7-5-4-6-20(23)18-24-26(32)30(27(33)37-24)19-25(31)29-12-14-34-15-13-29/h4-11,18H,12-17,19H2,1-3H3/b24-18-. The minimum Gasteiger partial charge on any atom is -0.490 e. The first-order chi connectivity index (χ1) is 17.7. The van der Waals surface area contributed by atoms with Crippen LogP contribution in [0.25, 0.3) is 6.08 Å². The van der Waals surface area contributed by atoms with E-state index in [-0.39, 0.29) is 22.8 Å². The summed E-state index contributed by atoms with van der Waals surface area (Å²) in [6.07, 6.45) is 1.63. The zero-order valence-electron chi connectivity index (χ0n) is 21.4. The van der Waals surface area contributed by atoms with E-state index in [0.29, 0.717) is 50.8 Å². The maximum absolute atomic E-state index is 12.9. The summed E-state index contributed by atoms with van der Waals surface area (Å²) < 4.78 is 17.0. The fraction of sp³-hybridized carbons (Fsp3) is 0.393. The number of hydrogen-bond acceptors (Lipinski definition) is 7. The van der Waals surface area contributed by atoms with E-state index in [1.54, 1.807) is 17.0 Å². The lowest BCUT2D eigenvalue weighted by Gasteiger charge is -2.28. The third-order valence-electron chi connectivity index (χ3n) is 6.07. The topological polar surface area (TPSA) is 85.4 Å². The monoisotopic (exact) mass is 524 g/mol. The van der Waals surface area contributed by atoms with Gasteiger partial charge in [0.1, 0.15) is 31.3 Å². The van der Waals surface area contributed by atoms with Gasteiger partial charge in [-0.1, -0.05) is 51.1 Å². The Morgan fingerprint density at radius 1 is 1.00 bits per heavy atom. The van der Waals surface area contributed by atoms with Crippen LogP contribution in [0, 0.1) is 0 Å². The molecule has 0 radical (unpaired) electrons. The Bertz CT molecular complexity index is 1170. The van der Waals surface area contributed by atoms with Crippen molar-refractivity contribution in [3.63, 3.8) is 0 Å². The number of ether oxygens (including phenoxy) is 3.